The highest BCUT2D eigenvalue weighted by molar-refractivity contribution is 6.33. The number of halogens is 1. The quantitative estimate of drug-likeness (QED) is 0.805. The molecule has 1 aromatic rings. The summed E-state index contributed by atoms with van der Waals surface area (Å²) in [4.78, 5) is 1.99. The number of hydrogen-bond donors (Lipinski definition) is 1. The van der Waals surface area contributed by atoms with Crippen molar-refractivity contribution in [3.8, 4) is 5.75 Å². The molecule has 90 valence electrons. The number of nitrogen functional groups attached to an aromatic ring is 1. The Morgan fingerprint density at radius 3 is 2.62 bits per heavy atom. The van der Waals surface area contributed by atoms with E-state index in [-0.39, 0.29) is 0 Å². The minimum atomic E-state index is 0.538. The van der Waals surface area contributed by atoms with E-state index >= 15 is 0 Å². The molecule has 0 unspecified atom stereocenters. The smallest absolute Gasteiger partial charge is 0.143 e. The molecule has 0 bridgehead atoms. The minimum Gasteiger partial charge on any atom is -0.495 e. The summed E-state index contributed by atoms with van der Waals surface area (Å²) in [7, 11) is 5.19. The first-order valence-corrected chi connectivity index (χ1v) is 5.31. The van der Waals surface area contributed by atoms with Crippen LogP contribution in [0.3, 0.4) is 0 Å². The minimum absolute atomic E-state index is 0.538. The van der Waals surface area contributed by atoms with Crippen LogP contribution in [0.2, 0.25) is 5.02 Å². The van der Waals surface area contributed by atoms with Crippen molar-refractivity contribution in [2.24, 2.45) is 0 Å². The third-order valence-corrected chi connectivity index (χ3v) is 2.64. The van der Waals surface area contributed by atoms with Gasteiger partial charge in [-0.25, -0.2) is 0 Å². The van der Waals surface area contributed by atoms with Crippen LogP contribution in [-0.2, 0) is 4.74 Å². The number of hydrogen-bond acceptors (Lipinski definition) is 4. The summed E-state index contributed by atoms with van der Waals surface area (Å²) >= 11 is 6.11. The standard InChI is InChI=1S/C11H17ClN2O2/c1-14(4-5-15-2)10-7-11(16-3)9(13)6-8(10)12/h6-7H,4-5,13H2,1-3H3. The van der Waals surface area contributed by atoms with Crippen LogP contribution in [0.15, 0.2) is 12.1 Å². The van der Waals surface area contributed by atoms with E-state index in [9.17, 15) is 0 Å². The first-order valence-electron chi connectivity index (χ1n) is 4.93. The van der Waals surface area contributed by atoms with Gasteiger partial charge in [-0.2, -0.15) is 0 Å². The Balaban J connectivity index is 2.94. The lowest BCUT2D eigenvalue weighted by molar-refractivity contribution is 0.206. The van der Waals surface area contributed by atoms with Gasteiger partial charge < -0.3 is 20.1 Å². The molecule has 1 rings (SSSR count). The Labute approximate surface area is 101 Å². The van der Waals surface area contributed by atoms with Gasteiger partial charge in [0.15, 0.2) is 0 Å². The third-order valence-electron chi connectivity index (χ3n) is 2.34. The molecule has 16 heavy (non-hydrogen) atoms. The fourth-order valence-electron chi connectivity index (χ4n) is 1.38. The second-order valence-corrected chi connectivity index (χ2v) is 3.87. The van der Waals surface area contributed by atoms with E-state index < -0.39 is 0 Å². The number of ether oxygens (including phenoxy) is 2. The molecule has 0 saturated heterocycles. The number of benzene rings is 1. The molecule has 0 amide bonds. The normalized spacial score (nSPS) is 10.2. The lowest BCUT2D eigenvalue weighted by Crippen LogP contribution is -2.22. The Kier molecular flexibility index (Phi) is 4.71. The van der Waals surface area contributed by atoms with E-state index in [0.29, 0.717) is 23.1 Å². The summed E-state index contributed by atoms with van der Waals surface area (Å²) in [6.45, 7) is 1.39. The van der Waals surface area contributed by atoms with Crippen LogP contribution >= 0.6 is 11.6 Å². The highest BCUT2D eigenvalue weighted by Gasteiger charge is 2.10. The van der Waals surface area contributed by atoms with Crippen LogP contribution in [0.1, 0.15) is 0 Å². The summed E-state index contributed by atoms with van der Waals surface area (Å²) < 4.78 is 10.2. The van der Waals surface area contributed by atoms with Crippen molar-refractivity contribution in [1.29, 1.82) is 0 Å². The van der Waals surface area contributed by atoms with E-state index in [1.54, 1.807) is 20.3 Å². The van der Waals surface area contributed by atoms with Gasteiger partial charge in [0.2, 0.25) is 0 Å². The Morgan fingerprint density at radius 2 is 2.06 bits per heavy atom. The van der Waals surface area contributed by atoms with Gasteiger partial charge in [0.05, 0.1) is 30.1 Å². The number of nitrogens with two attached hydrogens (primary N) is 1. The van der Waals surface area contributed by atoms with Crippen LogP contribution in [0.25, 0.3) is 0 Å². The molecule has 0 aliphatic carbocycles. The summed E-state index contributed by atoms with van der Waals surface area (Å²) in [6.07, 6.45) is 0. The number of nitrogens with zero attached hydrogens (tertiary/aromatic N) is 1. The molecule has 5 heteroatoms. The summed E-state index contributed by atoms with van der Waals surface area (Å²) in [6, 6.07) is 3.52. The maximum atomic E-state index is 6.11. The van der Waals surface area contributed by atoms with Gasteiger partial charge in [-0.15, -0.1) is 0 Å². The van der Waals surface area contributed by atoms with Crippen molar-refractivity contribution in [1.82, 2.24) is 0 Å². The topological polar surface area (TPSA) is 47.7 Å². The summed E-state index contributed by atoms with van der Waals surface area (Å²) in [5.74, 6) is 0.628. The lowest BCUT2D eigenvalue weighted by atomic mass is 10.2. The van der Waals surface area contributed by atoms with E-state index in [2.05, 4.69) is 0 Å². The number of likely N-dealkylation sites (N-methyl/N-ethyl adjacent to an activating group) is 1. The number of anilines is 2. The molecule has 2 N–H and O–H groups in total. The second-order valence-electron chi connectivity index (χ2n) is 3.46. The van der Waals surface area contributed by atoms with E-state index in [1.165, 1.54) is 0 Å². The molecular formula is C11H17ClN2O2. The Bertz CT molecular complexity index is 358. The monoisotopic (exact) mass is 244 g/mol. The molecule has 0 spiro atoms. The molecule has 0 fully saturated rings. The zero-order valence-corrected chi connectivity index (χ0v) is 10.5. The molecule has 1 aromatic carbocycles. The maximum absolute atomic E-state index is 6.11. The molecule has 0 heterocycles. The first kappa shape index (κ1) is 12.9. The van der Waals surface area contributed by atoms with E-state index in [1.807, 2.05) is 18.0 Å². The lowest BCUT2D eigenvalue weighted by Gasteiger charge is -2.21. The molecule has 0 aromatic heterocycles. The van der Waals surface area contributed by atoms with Crippen molar-refractivity contribution in [2.45, 2.75) is 0 Å². The van der Waals surface area contributed by atoms with Crippen LogP contribution in [0, 0.1) is 0 Å². The van der Waals surface area contributed by atoms with Gasteiger partial charge in [-0.3, -0.25) is 0 Å². The molecule has 0 atom stereocenters. The molecule has 0 aliphatic heterocycles. The molecular weight excluding hydrogens is 228 g/mol. The number of methoxy groups -OCH3 is 2. The van der Waals surface area contributed by atoms with Crippen molar-refractivity contribution in [3.05, 3.63) is 17.2 Å². The van der Waals surface area contributed by atoms with Crippen LogP contribution in [0.4, 0.5) is 11.4 Å². The van der Waals surface area contributed by atoms with E-state index in [0.717, 1.165) is 12.2 Å². The van der Waals surface area contributed by atoms with Crippen molar-refractivity contribution in [3.63, 3.8) is 0 Å². The van der Waals surface area contributed by atoms with Crippen molar-refractivity contribution >= 4 is 23.0 Å². The highest BCUT2D eigenvalue weighted by Crippen LogP contribution is 2.34. The molecule has 0 aliphatic rings. The predicted octanol–water partition coefficient (Wildman–Crippen LogP) is 2.01. The average molecular weight is 245 g/mol. The van der Waals surface area contributed by atoms with Crippen LogP contribution < -0.4 is 15.4 Å². The van der Waals surface area contributed by atoms with Gasteiger partial charge in [0.25, 0.3) is 0 Å². The van der Waals surface area contributed by atoms with Gasteiger partial charge in [-0.05, 0) is 6.07 Å². The summed E-state index contributed by atoms with van der Waals surface area (Å²) in [5.41, 5.74) is 7.17. The zero-order valence-electron chi connectivity index (χ0n) is 9.79. The van der Waals surface area contributed by atoms with Gasteiger partial charge >= 0.3 is 0 Å². The molecule has 0 radical (unpaired) electrons. The predicted molar refractivity (Wildman–Crippen MR) is 67.6 cm³/mol. The van der Waals surface area contributed by atoms with Gasteiger partial charge in [0, 0.05) is 26.8 Å². The first-order chi connectivity index (χ1) is 7.60. The third kappa shape index (κ3) is 2.93. The van der Waals surface area contributed by atoms with Gasteiger partial charge in [0.1, 0.15) is 5.75 Å². The second kappa shape index (κ2) is 5.82. The fourth-order valence-corrected chi connectivity index (χ4v) is 1.69. The highest BCUT2D eigenvalue weighted by atomic mass is 35.5. The maximum Gasteiger partial charge on any atom is 0.143 e. The molecule has 0 saturated carbocycles. The molecule has 4 nitrogen and oxygen atoms in total. The largest absolute Gasteiger partial charge is 0.495 e. The Hall–Kier alpha value is -1.13. The van der Waals surface area contributed by atoms with Gasteiger partial charge in [-0.1, -0.05) is 11.6 Å². The zero-order chi connectivity index (χ0) is 12.1. The van der Waals surface area contributed by atoms with Crippen LogP contribution in [-0.4, -0.2) is 34.4 Å². The van der Waals surface area contributed by atoms with Crippen LogP contribution in [0.5, 0.6) is 5.75 Å². The SMILES string of the molecule is COCCN(C)c1cc(OC)c(N)cc1Cl. The average Bonchev–Trinajstić information content (AvgIpc) is 2.26. The van der Waals surface area contributed by atoms with Crippen molar-refractivity contribution in [2.75, 3.05) is 45.1 Å². The van der Waals surface area contributed by atoms with E-state index in [4.69, 9.17) is 26.8 Å². The summed E-state index contributed by atoms with van der Waals surface area (Å²) in [5, 5.41) is 0.608. The number of rotatable bonds is 5. The fraction of sp³-hybridized carbons (Fsp3) is 0.455. The Morgan fingerprint density at radius 1 is 1.38 bits per heavy atom. The van der Waals surface area contributed by atoms with Crippen molar-refractivity contribution < 1.29 is 9.47 Å².